The summed E-state index contributed by atoms with van der Waals surface area (Å²) in [4.78, 5) is 31.3. The number of nitrogens with zero attached hydrogens (tertiary/aromatic N) is 2. The van der Waals surface area contributed by atoms with Crippen LogP contribution in [-0.4, -0.2) is 15.5 Å². The van der Waals surface area contributed by atoms with Gasteiger partial charge < -0.3 is 5.32 Å². The van der Waals surface area contributed by atoms with Crippen LogP contribution in [0.25, 0.3) is 10.2 Å². The number of anilines is 1. The number of nitrogens with one attached hydrogen (secondary N) is 1. The summed E-state index contributed by atoms with van der Waals surface area (Å²) < 4.78 is 1.43. The molecule has 3 aromatic rings. The van der Waals surface area contributed by atoms with Crippen molar-refractivity contribution in [3.63, 3.8) is 0 Å². The van der Waals surface area contributed by atoms with Crippen molar-refractivity contribution < 1.29 is 4.79 Å². The average Bonchev–Trinajstić information content (AvgIpc) is 2.97. The van der Waals surface area contributed by atoms with E-state index in [9.17, 15) is 9.59 Å². The lowest BCUT2D eigenvalue weighted by molar-refractivity contribution is -0.116. The fraction of sp³-hybridized carbons (Fsp3) is 0.278. The largest absolute Gasteiger partial charge is 0.325 e. The average molecular weight is 341 g/mol. The third-order valence-corrected chi connectivity index (χ3v) is 5.05. The van der Waals surface area contributed by atoms with Crippen molar-refractivity contribution in [3.8, 4) is 0 Å². The van der Waals surface area contributed by atoms with Crippen molar-refractivity contribution in [1.29, 1.82) is 0 Å². The maximum atomic E-state index is 12.7. The first-order chi connectivity index (χ1) is 11.5. The van der Waals surface area contributed by atoms with E-state index >= 15 is 0 Å². The quantitative estimate of drug-likeness (QED) is 0.792. The molecule has 24 heavy (non-hydrogen) atoms. The van der Waals surface area contributed by atoms with Crippen LogP contribution in [0.3, 0.4) is 0 Å². The van der Waals surface area contributed by atoms with Crippen molar-refractivity contribution >= 4 is 33.1 Å². The van der Waals surface area contributed by atoms with Gasteiger partial charge in [0.2, 0.25) is 5.91 Å². The number of amides is 1. The SMILES string of the molecule is CCc1cc2c(=O)n(CC(=O)Nc3ccc(C)cc3)c(C)nc2s1. The van der Waals surface area contributed by atoms with Gasteiger partial charge in [0.1, 0.15) is 17.2 Å². The van der Waals surface area contributed by atoms with Crippen molar-refractivity contribution in [2.24, 2.45) is 0 Å². The second-order valence-electron chi connectivity index (χ2n) is 5.75. The number of thiophene rings is 1. The van der Waals surface area contributed by atoms with Gasteiger partial charge in [0, 0.05) is 10.6 Å². The number of hydrogen-bond acceptors (Lipinski definition) is 4. The number of hydrogen-bond donors (Lipinski definition) is 1. The lowest BCUT2D eigenvalue weighted by Gasteiger charge is -2.10. The summed E-state index contributed by atoms with van der Waals surface area (Å²) in [7, 11) is 0. The van der Waals surface area contributed by atoms with Gasteiger partial charge in [-0.2, -0.15) is 0 Å². The molecule has 5 nitrogen and oxygen atoms in total. The molecule has 0 saturated carbocycles. The summed E-state index contributed by atoms with van der Waals surface area (Å²) in [6, 6.07) is 9.42. The highest BCUT2D eigenvalue weighted by Crippen LogP contribution is 2.22. The molecule has 0 fully saturated rings. The van der Waals surface area contributed by atoms with Gasteiger partial charge in [0.05, 0.1) is 5.39 Å². The third-order valence-electron chi connectivity index (χ3n) is 3.88. The molecule has 0 saturated heterocycles. The standard InChI is InChI=1S/C18H19N3O2S/c1-4-14-9-15-17(24-14)19-12(3)21(18(15)23)10-16(22)20-13-7-5-11(2)6-8-13/h5-9H,4,10H2,1-3H3,(H,20,22). The Morgan fingerprint density at radius 3 is 2.62 bits per heavy atom. The number of fused-ring (bicyclic) bond motifs is 1. The zero-order valence-electron chi connectivity index (χ0n) is 13.9. The summed E-state index contributed by atoms with van der Waals surface area (Å²) in [6.45, 7) is 5.75. The molecule has 0 atom stereocenters. The molecule has 3 rings (SSSR count). The van der Waals surface area contributed by atoms with Gasteiger partial charge in [0.25, 0.3) is 5.56 Å². The first-order valence-electron chi connectivity index (χ1n) is 7.84. The van der Waals surface area contributed by atoms with E-state index in [2.05, 4.69) is 10.3 Å². The summed E-state index contributed by atoms with van der Waals surface area (Å²) in [6.07, 6.45) is 0.868. The van der Waals surface area contributed by atoms with Crippen LogP contribution in [0.5, 0.6) is 0 Å². The van der Waals surface area contributed by atoms with Gasteiger partial charge in [-0.15, -0.1) is 11.3 Å². The molecule has 0 unspecified atom stereocenters. The summed E-state index contributed by atoms with van der Waals surface area (Å²) in [5.74, 6) is 0.312. The van der Waals surface area contributed by atoms with Gasteiger partial charge in [-0.3, -0.25) is 14.2 Å². The molecule has 1 N–H and O–H groups in total. The first-order valence-corrected chi connectivity index (χ1v) is 8.66. The number of rotatable bonds is 4. The van der Waals surface area contributed by atoms with E-state index in [0.29, 0.717) is 16.9 Å². The molecule has 0 radical (unpaired) electrons. The van der Waals surface area contributed by atoms with Crippen LogP contribution in [0.4, 0.5) is 5.69 Å². The normalized spacial score (nSPS) is 11.0. The molecular weight excluding hydrogens is 322 g/mol. The smallest absolute Gasteiger partial charge is 0.262 e. The Bertz CT molecular complexity index is 955. The monoisotopic (exact) mass is 341 g/mol. The van der Waals surface area contributed by atoms with Gasteiger partial charge in [-0.1, -0.05) is 24.6 Å². The van der Waals surface area contributed by atoms with Crippen LogP contribution in [0.1, 0.15) is 23.2 Å². The Morgan fingerprint density at radius 2 is 1.96 bits per heavy atom. The molecule has 124 valence electrons. The fourth-order valence-corrected chi connectivity index (χ4v) is 3.51. The molecule has 2 aromatic heterocycles. The summed E-state index contributed by atoms with van der Waals surface area (Å²) in [5, 5.41) is 3.40. The Morgan fingerprint density at radius 1 is 1.25 bits per heavy atom. The summed E-state index contributed by atoms with van der Waals surface area (Å²) >= 11 is 1.53. The van der Waals surface area contributed by atoms with E-state index in [-0.39, 0.29) is 18.0 Å². The maximum absolute atomic E-state index is 12.7. The molecule has 1 amide bonds. The van der Waals surface area contributed by atoms with Gasteiger partial charge in [-0.05, 0) is 38.5 Å². The molecule has 0 aliphatic rings. The van der Waals surface area contributed by atoms with Crippen LogP contribution in [-0.2, 0) is 17.8 Å². The highest BCUT2D eigenvalue weighted by atomic mass is 32.1. The molecular formula is C18H19N3O2S. The minimum absolute atomic E-state index is 0.0429. The third kappa shape index (κ3) is 3.23. The predicted molar refractivity (Wildman–Crippen MR) is 97.8 cm³/mol. The molecule has 0 aliphatic heterocycles. The fourth-order valence-electron chi connectivity index (χ4n) is 2.51. The Labute approximate surface area is 144 Å². The zero-order chi connectivity index (χ0) is 17.3. The van der Waals surface area contributed by atoms with Crippen molar-refractivity contribution in [2.45, 2.75) is 33.7 Å². The highest BCUT2D eigenvalue weighted by Gasteiger charge is 2.14. The van der Waals surface area contributed by atoms with E-state index in [1.54, 1.807) is 6.92 Å². The van der Waals surface area contributed by atoms with E-state index < -0.39 is 0 Å². The Hall–Kier alpha value is -2.47. The lowest BCUT2D eigenvalue weighted by Crippen LogP contribution is -2.29. The topological polar surface area (TPSA) is 64.0 Å². The summed E-state index contributed by atoms with van der Waals surface area (Å²) in [5.41, 5.74) is 1.68. The van der Waals surface area contributed by atoms with Crippen LogP contribution >= 0.6 is 11.3 Å². The molecule has 6 heteroatoms. The lowest BCUT2D eigenvalue weighted by atomic mass is 10.2. The molecule has 0 bridgehead atoms. The van der Waals surface area contributed by atoms with Gasteiger partial charge >= 0.3 is 0 Å². The number of carbonyl (C=O) groups excluding carboxylic acids is 1. The predicted octanol–water partition coefficient (Wildman–Crippen LogP) is 3.28. The van der Waals surface area contributed by atoms with E-state index in [1.165, 1.54) is 15.9 Å². The zero-order valence-corrected chi connectivity index (χ0v) is 14.7. The Balaban J connectivity index is 1.87. The number of carbonyl (C=O) groups is 1. The van der Waals surface area contributed by atoms with Crippen molar-refractivity contribution in [3.05, 3.63) is 57.0 Å². The minimum atomic E-state index is -0.240. The minimum Gasteiger partial charge on any atom is -0.325 e. The van der Waals surface area contributed by atoms with Crippen LogP contribution in [0.2, 0.25) is 0 Å². The molecule has 1 aromatic carbocycles. The highest BCUT2D eigenvalue weighted by molar-refractivity contribution is 7.18. The Kier molecular flexibility index (Phi) is 4.49. The van der Waals surface area contributed by atoms with Gasteiger partial charge in [-0.25, -0.2) is 4.98 Å². The van der Waals surface area contributed by atoms with Crippen LogP contribution < -0.4 is 10.9 Å². The molecule has 2 heterocycles. The van der Waals surface area contributed by atoms with Crippen LogP contribution in [0.15, 0.2) is 35.1 Å². The van der Waals surface area contributed by atoms with E-state index in [1.807, 2.05) is 44.2 Å². The van der Waals surface area contributed by atoms with E-state index in [4.69, 9.17) is 0 Å². The second kappa shape index (κ2) is 6.57. The van der Waals surface area contributed by atoms with Crippen LogP contribution in [0, 0.1) is 13.8 Å². The second-order valence-corrected chi connectivity index (χ2v) is 6.86. The van der Waals surface area contributed by atoms with Crippen molar-refractivity contribution in [2.75, 3.05) is 5.32 Å². The maximum Gasteiger partial charge on any atom is 0.262 e. The number of aryl methyl sites for hydroxylation is 3. The number of aromatic nitrogens is 2. The number of benzene rings is 1. The van der Waals surface area contributed by atoms with E-state index in [0.717, 1.165) is 21.7 Å². The molecule has 0 spiro atoms. The first kappa shape index (κ1) is 16.4. The van der Waals surface area contributed by atoms with Gasteiger partial charge in [0.15, 0.2) is 0 Å². The molecule has 0 aliphatic carbocycles. The van der Waals surface area contributed by atoms with Crippen molar-refractivity contribution in [1.82, 2.24) is 9.55 Å².